The largest absolute Gasteiger partial charge is 0.504 e. The lowest BCUT2D eigenvalue weighted by molar-refractivity contribution is 0.388. The first-order chi connectivity index (χ1) is 12.0. The molecule has 0 aromatic heterocycles. The minimum atomic E-state index is -0.202. The molecule has 4 heteroatoms. The fourth-order valence-electron chi connectivity index (χ4n) is 4.08. The van der Waals surface area contributed by atoms with Gasteiger partial charge in [0.15, 0.2) is 23.0 Å². The Morgan fingerprint density at radius 3 is 1.23 bits per heavy atom. The number of fused-ring (bicyclic) bond motifs is 2. The molecule has 4 nitrogen and oxygen atoms in total. The van der Waals surface area contributed by atoms with E-state index in [9.17, 15) is 20.4 Å². The van der Waals surface area contributed by atoms with Crippen LogP contribution in [-0.2, 0) is 23.7 Å². The smallest absolute Gasteiger partial charge is 0.157 e. The van der Waals surface area contributed by atoms with Gasteiger partial charge in [-0.1, -0.05) is 27.7 Å². The molecule has 4 N–H and O–H groups in total. The van der Waals surface area contributed by atoms with Crippen LogP contribution < -0.4 is 0 Å². The van der Waals surface area contributed by atoms with Gasteiger partial charge in [0.05, 0.1) is 0 Å². The Balaban J connectivity index is 2.14. The molecule has 0 bridgehead atoms. The van der Waals surface area contributed by atoms with Crippen molar-refractivity contribution in [3.8, 4) is 23.0 Å². The second-order valence-electron chi connectivity index (χ2n) is 8.76. The van der Waals surface area contributed by atoms with Gasteiger partial charge >= 0.3 is 0 Å². The lowest BCUT2D eigenvalue weighted by Gasteiger charge is -2.34. The predicted molar refractivity (Wildman–Crippen MR) is 102 cm³/mol. The van der Waals surface area contributed by atoms with Crippen molar-refractivity contribution in [1.82, 2.24) is 0 Å². The van der Waals surface area contributed by atoms with E-state index >= 15 is 0 Å². The average Bonchev–Trinajstić information content (AvgIpc) is 2.55. The van der Waals surface area contributed by atoms with E-state index in [0.29, 0.717) is 0 Å². The molecule has 2 aromatic carbocycles. The maximum absolute atomic E-state index is 10.0. The Kier molecular flexibility index (Phi) is 4.33. The molecule has 0 atom stereocenters. The van der Waals surface area contributed by atoms with Gasteiger partial charge in [-0.25, -0.2) is 0 Å². The number of aromatic hydroxyl groups is 4. The summed E-state index contributed by atoms with van der Waals surface area (Å²) >= 11 is 0. The molecule has 0 heterocycles. The van der Waals surface area contributed by atoms with E-state index in [1.807, 2.05) is 0 Å². The van der Waals surface area contributed by atoms with Crippen molar-refractivity contribution in [2.24, 2.45) is 0 Å². The van der Waals surface area contributed by atoms with Crippen LogP contribution in [0.1, 0.15) is 62.8 Å². The summed E-state index contributed by atoms with van der Waals surface area (Å²) in [6.07, 6.45) is 3.14. The minimum absolute atomic E-state index is 0.0858. The highest BCUT2D eigenvalue weighted by atomic mass is 16.3. The van der Waals surface area contributed by atoms with Crippen LogP contribution in [0.15, 0.2) is 24.3 Å². The SMILES string of the molecule is CC1(C)CCc2cc(O)c(O)cc2C(C)(C)CCc2cc(O)c(O)cc21. The second kappa shape index (κ2) is 6.11. The van der Waals surface area contributed by atoms with Crippen molar-refractivity contribution >= 4 is 0 Å². The molecule has 1 aliphatic rings. The number of hydrogen-bond donors (Lipinski definition) is 4. The lowest BCUT2D eigenvalue weighted by Crippen LogP contribution is -2.26. The van der Waals surface area contributed by atoms with Crippen LogP contribution in [0.5, 0.6) is 23.0 Å². The van der Waals surface area contributed by atoms with Crippen LogP contribution in [-0.4, -0.2) is 20.4 Å². The van der Waals surface area contributed by atoms with Gasteiger partial charge in [-0.2, -0.15) is 0 Å². The summed E-state index contributed by atoms with van der Waals surface area (Å²) < 4.78 is 0. The molecule has 3 rings (SSSR count). The molecule has 0 saturated heterocycles. The van der Waals surface area contributed by atoms with Crippen molar-refractivity contribution in [3.63, 3.8) is 0 Å². The van der Waals surface area contributed by atoms with Crippen LogP contribution in [0.3, 0.4) is 0 Å². The Morgan fingerprint density at radius 1 is 0.577 bits per heavy atom. The second-order valence-corrected chi connectivity index (χ2v) is 8.76. The van der Waals surface area contributed by atoms with E-state index in [4.69, 9.17) is 0 Å². The highest BCUT2D eigenvalue weighted by Gasteiger charge is 2.31. The third-order valence-electron chi connectivity index (χ3n) is 5.90. The number of hydrogen-bond acceptors (Lipinski definition) is 4. The number of benzene rings is 2. The Hall–Kier alpha value is -2.36. The zero-order chi connectivity index (χ0) is 19.3. The standard InChI is InChI=1S/C22H28O4/c1-21(2)7-5-14-10-18(24)20(26)12-16(14)22(3,4)8-6-13-9-17(23)19(25)11-15(13)21/h9-12,23-26H,5-8H2,1-4H3. The first-order valence-electron chi connectivity index (χ1n) is 9.12. The van der Waals surface area contributed by atoms with Crippen molar-refractivity contribution in [2.75, 3.05) is 0 Å². The van der Waals surface area contributed by atoms with Gasteiger partial charge in [-0.3, -0.25) is 0 Å². The molecule has 2 aromatic rings. The fourth-order valence-corrected chi connectivity index (χ4v) is 4.08. The Bertz CT molecular complexity index is 778. The van der Waals surface area contributed by atoms with Crippen molar-refractivity contribution < 1.29 is 20.4 Å². The first kappa shape index (κ1) is 18.4. The van der Waals surface area contributed by atoms with Crippen molar-refractivity contribution in [2.45, 2.75) is 64.2 Å². The Morgan fingerprint density at radius 2 is 0.885 bits per heavy atom. The van der Waals surface area contributed by atoms with Crippen LogP contribution in [0.4, 0.5) is 0 Å². The van der Waals surface area contributed by atoms with Crippen LogP contribution in [0.25, 0.3) is 0 Å². The highest BCUT2D eigenvalue weighted by Crippen LogP contribution is 2.43. The molecule has 0 radical (unpaired) electrons. The Labute approximate surface area is 154 Å². The van der Waals surface area contributed by atoms with E-state index in [1.54, 1.807) is 24.3 Å². The minimum Gasteiger partial charge on any atom is -0.504 e. The quantitative estimate of drug-likeness (QED) is 0.518. The first-order valence-corrected chi connectivity index (χ1v) is 9.12. The summed E-state index contributed by atoms with van der Waals surface area (Å²) in [6, 6.07) is 6.74. The number of phenolic OH excluding ortho intramolecular Hbond substituents is 4. The fraction of sp³-hybridized carbons (Fsp3) is 0.455. The molecule has 0 unspecified atom stereocenters. The number of phenols is 4. The molecule has 0 aliphatic heterocycles. The number of aryl methyl sites for hydroxylation is 2. The monoisotopic (exact) mass is 356 g/mol. The van der Waals surface area contributed by atoms with E-state index < -0.39 is 0 Å². The van der Waals surface area contributed by atoms with Gasteiger partial charge in [0.25, 0.3) is 0 Å². The predicted octanol–water partition coefficient (Wildman–Crippen LogP) is 4.64. The van der Waals surface area contributed by atoms with Gasteiger partial charge in [-0.15, -0.1) is 0 Å². The summed E-state index contributed by atoms with van der Waals surface area (Å²) in [5, 5.41) is 40.0. The highest BCUT2D eigenvalue weighted by molar-refractivity contribution is 5.51. The molecular weight excluding hydrogens is 328 g/mol. The van der Waals surface area contributed by atoms with Crippen LogP contribution in [0, 0.1) is 0 Å². The van der Waals surface area contributed by atoms with E-state index in [-0.39, 0.29) is 33.8 Å². The molecule has 26 heavy (non-hydrogen) atoms. The third-order valence-corrected chi connectivity index (χ3v) is 5.90. The van der Waals surface area contributed by atoms with Gasteiger partial charge in [0, 0.05) is 0 Å². The zero-order valence-electron chi connectivity index (χ0n) is 15.9. The van der Waals surface area contributed by atoms with Gasteiger partial charge in [-0.05, 0) is 83.0 Å². The van der Waals surface area contributed by atoms with Crippen molar-refractivity contribution in [1.29, 1.82) is 0 Å². The van der Waals surface area contributed by atoms with E-state index in [2.05, 4.69) is 27.7 Å². The summed E-state index contributed by atoms with van der Waals surface area (Å²) in [4.78, 5) is 0. The van der Waals surface area contributed by atoms with E-state index in [0.717, 1.165) is 47.9 Å². The molecule has 1 aliphatic carbocycles. The average molecular weight is 356 g/mol. The molecule has 0 amide bonds. The summed E-state index contributed by atoms with van der Waals surface area (Å²) in [5.41, 5.74) is 3.79. The van der Waals surface area contributed by atoms with Gasteiger partial charge in [0.1, 0.15) is 0 Å². The summed E-state index contributed by atoms with van der Waals surface area (Å²) in [7, 11) is 0. The molecule has 0 fully saturated rings. The molecule has 140 valence electrons. The van der Waals surface area contributed by atoms with Gasteiger partial charge < -0.3 is 20.4 Å². The zero-order valence-corrected chi connectivity index (χ0v) is 15.9. The third kappa shape index (κ3) is 3.20. The summed E-state index contributed by atoms with van der Waals surface area (Å²) in [5.74, 6) is -0.345. The summed E-state index contributed by atoms with van der Waals surface area (Å²) in [6.45, 7) is 8.54. The normalized spacial score (nSPS) is 18.6. The van der Waals surface area contributed by atoms with Crippen molar-refractivity contribution in [3.05, 3.63) is 46.5 Å². The topological polar surface area (TPSA) is 80.9 Å². The van der Waals surface area contributed by atoms with Crippen LogP contribution >= 0.6 is 0 Å². The molecular formula is C22H28O4. The maximum atomic E-state index is 10.0. The molecule has 0 saturated carbocycles. The van der Waals surface area contributed by atoms with E-state index in [1.165, 1.54) is 0 Å². The number of rotatable bonds is 0. The molecule has 0 spiro atoms. The maximum Gasteiger partial charge on any atom is 0.157 e. The van der Waals surface area contributed by atoms with Crippen LogP contribution in [0.2, 0.25) is 0 Å². The lowest BCUT2D eigenvalue weighted by atomic mass is 9.70. The van der Waals surface area contributed by atoms with Gasteiger partial charge in [0.2, 0.25) is 0 Å².